The van der Waals surface area contributed by atoms with Crippen molar-refractivity contribution < 1.29 is 19.1 Å². The number of aliphatic carboxylic acids is 1. The van der Waals surface area contributed by atoms with Crippen LogP contribution in [-0.2, 0) is 9.59 Å². The molecule has 0 aliphatic rings. The minimum absolute atomic E-state index is 0.0720. The van der Waals surface area contributed by atoms with E-state index in [1.165, 1.54) is 25.1 Å². The second-order valence-corrected chi connectivity index (χ2v) is 4.65. The van der Waals surface area contributed by atoms with Gasteiger partial charge in [-0.1, -0.05) is 0 Å². The molecule has 1 atom stereocenters. The van der Waals surface area contributed by atoms with E-state index in [0.717, 1.165) is 11.8 Å². The van der Waals surface area contributed by atoms with E-state index in [0.29, 0.717) is 10.6 Å². The summed E-state index contributed by atoms with van der Waals surface area (Å²) in [6.07, 6.45) is 0. The number of nitrogens with two attached hydrogens (primary N) is 1. The number of thioether (sulfide) groups is 1. The first-order chi connectivity index (χ1) is 8.40. The lowest BCUT2D eigenvalue weighted by Gasteiger charge is -2.13. The largest absolute Gasteiger partial charge is 0.480 e. The molecular weight excluding hydrogens is 259 g/mol. The number of carboxylic acids is 1. The van der Waals surface area contributed by atoms with E-state index in [-0.39, 0.29) is 5.75 Å². The van der Waals surface area contributed by atoms with Crippen molar-refractivity contribution in [1.82, 2.24) is 5.32 Å². The van der Waals surface area contributed by atoms with Crippen LogP contribution in [0.15, 0.2) is 23.1 Å². The van der Waals surface area contributed by atoms with Crippen molar-refractivity contribution in [3.63, 3.8) is 0 Å². The van der Waals surface area contributed by atoms with E-state index in [9.17, 15) is 14.0 Å². The summed E-state index contributed by atoms with van der Waals surface area (Å²) in [5, 5.41) is 11.2. The van der Waals surface area contributed by atoms with Crippen molar-refractivity contribution in [2.24, 2.45) is 0 Å². The van der Waals surface area contributed by atoms with Crippen molar-refractivity contribution in [2.75, 3.05) is 11.5 Å². The Labute approximate surface area is 108 Å². The molecule has 0 saturated heterocycles. The number of amides is 1. The minimum atomic E-state index is -1.15. The number of anilines is 1. The lowest BCUT2D eigenvalue weighted by Crippen LogP contribution is -2.41. The molecule has 1 aromatic rings. The summed E-state index contributed by atoms with van der Waals surface area (Å²) in [6, 6.07) is 2.83. The molecule has 18 heavy (non-hydrogen) atoms. The Kier molecular flexibility index (Phi) is 4.96. The van der Waals surface area contributed by atoms with Crippen LogP contribution in [0.1, 0.15) is 6.92 Å². The Morgan fingerprint density at radius 2 is 2.22 bits per heavy atom. The Hall–Kier alpha value is -1.76. The molecule has 1 aromatic carbocycles. The molecule has 0 bridgehead atoms. The van der Waals surface area contributed by atoms with Gasteiger partial charge < -0.3 is 16.2 Å². The SMILES string of the molecule is CC(=O)NC(CSc1cc(F)ccc1N)C(=O)O. The van der Waals surface area contributed by atoms with E-state index < -0.39 is 23.7 Å². The van der Waals surface area contributed by atoms with Gasteiger partial charge >= 0.3 is 5.97 Å². The predicted octanol–water partition coefficient (Wildman–Crippen LogP) is 1.09. The zero-order valence-electron chi connectivity index (χ0n) is 9.64. The molecular formula is C11H13FN2O3S. The molecule has 0 aliphatic heterocycles. The van der Waals surface area contributed by atoms with Gasteiger partial charge in [-0.2, -0.15) is 0 Å². The van der Waals surface area contributed by atoms with Gasteiger partial charge in [-0.3, -0.25) is 4.79 Å². The molecule has 5 nitrogen and oxygen atoms in total. The van der Waals surface area contributed by atoms with E-state index in [2.05, 4.69) is 5.32 Å². The van der Waals surface area contributed by atoms with Crippen LogP contribution in [0.25, 0.3) is 0 Å². The van der Waals surface area contributed by atoms with E-state index in [1.807, 2.05) is 0 Å². The first kappa shape index (κ1) is 14.3. The fourth-order valence-corrected chi connectivity index (χ4v) is 2.23. The first-order valence-electron chi connectivity index (χ1n) is 5.08. The lowest BCUT2D eigenvalue weighted by molar-refractivity contribution is -0.140. The topological polar surface area (TPSA) is 92.4 Å². The van der Waals surface area contributed by atoms with Crippen molar-refractivity contribution in [1.29, 1.82) is 0 Å². The van der Waals surface area contributed by atoms with Crippen LogP contribution in [-0.4, -0.2) is 28.8 Å². The molecule has 0 radical (unpaired) electrons. The minimum Gasteiger partial charge on any atom is -0.480 e. The normalized spacial score (nSPS) is 11.9. The van der Waals surface area contributed by atoms with Crippen LogP contribution in [0.4, 0.5) is 10.1 Å². The summed E-state index contributed by atoms with van der Waals surface area (Å²) < 4.78 is 13.0. The van der Waals surface area contributed by atoms with Crippen LogP contribution >= 0.6 is 11.8 Å². The van der Waals surface area contributed by atoms with Crippen LogP contribution in [0.2, 0.25) is 0 Å². The summed E-state index contributed by atoms with van der Waals surface area (Å²) in [7, 11) is 0. The molecule has 1 amide bonds. The molecule has 98 valence electrons. The number of nitrogen functional groups attached to an aromatic ring is 1. The number of carbonyl (C=O) groups excluding carboxylic acids is 1. The maximum Gasteiger partial charge on any atom is 0.327 e. The van der Waals surface area contributed by atoms with Gasteiger partial charge in [-0.05, 0) is 18.2 Å². The van der Waals surface area contributed by atoms with Gasteiger partial charge in [-0.25, -0.2) is 9.18 Å². The zero-order valence-corrected chi connectivity index (χ0v) is 10.5. The highest BCUT2D eigenvalue weighted by molar-refractivity contribution is 7.99. The summed E-state index contributed by atoms with van der Waals surface area (Å²) in [6.45, 7) is 1.23. The number of hydrogen-bond acceptors (Lipinski definition) is 4. The molecule has 1 unspecified atom stereocenters. The van der Waals surface area contributed by atoms with Crippen molar-refractivity contribution in [3.05, 3.63) is 24.0 Å². The molecule has 0 heterocycles. The summed E-state index contributed by atoms with van der Waals surface area (Å²) in [5.74, 6) is -1.95. The number of carboxylic acid groups (broad SMARTS) is 1. The standard InChI is InChI=1S/C11H13FN2O3S/c1-6(15)14-9(11(16)17)5-18-10-4-7(12)2-3-8(10)13/h2-4,9H,5,13H2,1H3,(H,14,15)(H,16,17). The Bertz CT molecular complexity index is 468. The second kappa shape index (κ2) is 6.25. The van der Waals surface area contributed by atoms with Gasteiger partial charge in [0.15, 0.2) is 0 Å². The number of carbonyl (C=O) groups is 2. The first-order valence-corrected chi connectivity index (χ1v) is 6.06. The van der Waals surface area contributed by atoms with Gasteiger partial charge in [0.25, 0.3) is 0 Å². The molecule has 0 aliphatic carbocycles. The van der Waals surface area contributed by atoms with E-state index >= 15 is 0 Å². The molecule has 0 spiro atoms. The Morgan fingerprint density at radius 3 is 2.78 bits per heavy atom. The molecule has 0 aromatic heterocycles. The second-order valence-electron chi connectivity index (χ2n) is 3.58. The van der Waals surface area contributed by atoms with Crippen LogP contribution < -0.4 is 11.1 Å². The Balaban J connectivity index is 2.69. The molecule has 7 heteroatoms. The fraction of sp³-hybridized carbons (Fsp3) is 0.273. The number of rotatable bonds is 5. The van der Waals surface area contributed by atoms with Crippen LogP contribution in [0.5, 0.6) is 0 Å². The maximum absolute atomic E-state index is 13.0. The Morgan fingerprint density at radius 1 is 1.56 bits per heavy atom. The highest BCUT2D eigenvalue weighted by Crippen LogP contribution is 2.26. The van der Waals surface area contributed by atoms with Gasteiger partial charge in [-0.15, -0.1) is 11.8 Å². The van der Waals surface area contributed by atoms with E-state index in [4.69, 9.17) is 10.8 Å². The quantitative estimate of drug-likeness (QED) is 0.551. The monoisotopic (exact) mass is 272 g/mol. The average molecular weight is 272 g/mol. The fourth-order valence-electron chi connectivity index (χ4n) is 1.23. The summed E-state index contributed by atoms with van der Waals surface area (Å²) in [5.41, 5.74) is 6.00. The molecule has 1 rings (SSSR count). The maximum atomic E-state index is 13.0. The van der Waals surface area contributed by atoms with E-state index in [1.54, 1.807) is 0 Å². The van der Waals surface area contributed by atoms with Crippen LogP contribution in [0.3, 0.4) is 0 Å². The third kappa shape index (κ3) is 4.25. The highest BCUT2D eigenvalue weighted by Gasteiger charge is 2.19. The summed E-state index contributed by atoms with van der Waals surface area (Å²) in [4.78, 5) is 22.1. The number of halogens is 1. The number of hydrogen-bond donors (Lipinski definition) is 3. The molecule has 0 saturated carbocycles. The van der Waals surface area contributed by atoms with Crippen LogP contribution in [0, 0.1) is 5.82 Å². The van der Waals surface area contributed by atoms with Gasteiger partial charge in [0.2, 0.25) is 5.91 Å². The predicted molar refractivity (Wildman–Crippen MR) is 66.8 cm³/mol. The number of benzene rings is 1. The molecule has 4 N–H and O–H groups in total. The van der Waals surface area contributed by atoms with Gasteiger partial charge in [0.1, 0.15) is 11.9 Å². The van der Waals surface area contributed by atoms with Gasteiger partial charge in [0.05, 0.1) is 0 Å². The van der Waals surface area contributed by atoms with Gasteiger partial charge in [0, 0.05) is 23.3 Å². The lowest BCUT2D eigenvalue weighted by atomic mass is 10.3. The summed E-state index contributed by atoms with van der Waals surface area (Å²) >= 11 is 1.08. The smallest absolute Gasteiger partial charge is 0.327 e. The van der Waals surface area contributed by atoms with Crippen molar-refractivity contribution >= 4 is 29.3 Å². The molecule has 0 fully saturated rings. The third-order valence-electron chi connectivity index (χ3n) is 2.06. The van der Waals surface area contributed by atoms with Crippen molar-refractivity contribution in [2.45, 2.75) is 17.9 Å². The third-order valence-corrected chi connectivity index (χ3v) is 3.22. The highest BCUT2D eigenvalue weighted by atomic mass is 32.2. The van der Waals surface area contributed by atoms with Crippen molar-refractivity contribution in [3.8, 4) is 0 Å². The average Bonchev–Trinajstić information content (AvgIpc) is 2.27. The number of nitrogens with one attached hydrogen (secondary N) is 1. The zero-order chi connectivity index (χ0) is 13.7.